The average Bonchev–Trinajstić information content (AvgIpc) is 3.60. The van der Waals surface area contributed by atoms with Crippen LogP contribution in [0, 0.1) is 5.92 Å². The Morgan fingerprint density at radius 2 is 2.03 bits per heavy atom. The molecule has 3 fully saturated rings. The lowest BCUT2D eigenvalue weighted by Crippen LogP contribution is -2.37. The summed E-state index contributed by atoms with van der Waals surface area (Å²) in [5, 5.41) is 8.82. The van der Waals surface area contributed by atoms with Crippen LogP contribution in [-0.2, 0) is 4.74 Å². The topological polar surface area (TPSA) is 81.5 Å². The Labute approximate surface area is 199 Å². The lowest BCUT2D eigenvalue weighted by molar-refractivity contribution is 0.0988. The van der Waals surface area contributed by atoms with Crippen LogP contribution in [0.5, 0.6) is 5.75 Å². The molecule has 1 aromatic carbocycles. The second-order valence-electron chi connectivity index (χ2n) is 9.97. The van der Waals surface area contributed by atoms with Crippen molar-refractivity contribution in [1.29, 1.82) is 0 Å². The first-order valence-corrected chi connectivity index (χ1v) is 12.3. The summed E-state index contributed by atoms with van der Waals surface area (Å²) in [6.07, 6.45) is 8.19. The zero-order valence-corrected chi connectivity index (χ0v) is 19.7. The monoisotopic (exact) mass is 461 g/mol. The first kappa shape index (κ1) is 21.4. The molecule has 2 aromatic heterocycles. The fraction of sp³-hybridized carbons (Fsp3) is 0.500. The van der Waals surface area contributed by atoms with Gasteiger partial charge in [0.15, 0.2) is 0 Å². The summed E-state index contributed by atoms with van der Waals surface area (Å²) >= 11 is 0. The highest BCUT2D eigenvalue weighted by Gasteiger charge is 2.39. The van der Waals surface area contributed by atoms with E-state index in [1.807, 2.05) is 24.3 Å². The second kappa shape index (κ2) is 8.58. The third-order valence-corrected chi connectivity index (χ3v) is 7.61. The Kier molecular flexibility index (Phi) is 5.40. The molecule has 178 valence electrons. The van der Waals surface area contributed by atoms with Crippen LogP contribution < -0.4 is 15.0 Å². The van der Waals surface area contributed by atoms with E-state index in [9.17, 15) is 4.79 Å². The number of pyridine rings is 1. The number of hydrogen-bond donors (Lipinski definition) is 1. The van der Waals surface area contributed by atoms with E-state index in [4.69, 9.17) is 14.6 Å². The van der Waals surface area contributed by atoms with Gasteiger partial charge in [0.25, 0.3) is 5.91 Å². The fourth-order valence-corrected chi connectivity index (χ4v) is 5.61. The molecule has 2 bridgehead atoms. The maximum Gasteiger partial charge on any atom is 0.274 e. The average molecular weight is 462 g/mol. The predicted molar refractivity (Wildman–Crippen MR) is 131 cm³/mol. The molecule has 0 unspecified atom stereocenters. The van der Waals surface area contributed by atoms with Gasteiger partial charge in [-0.25, -0.2) is 4.98 Å². The van der Waals surface area contributed by atoms with Crippen molar-refractivity contribution in [3.63, 3.8) is 0 Å². The number of benzene rings is 1. The van der Waals surface area contributed by atoms with Crippen molar-refractivity contribution < 1.29 is 14.3 Å². The highest BCUT2D eigenvalue weighted by atomic mass is 16.5. The number of hydrogen-bond acceptors (Lipinski definition) is 6. The molecule has 8 nitrogen and oxygen atoms in total. The molecule has 1 aliphatic carbocycles. The van der Waals surface area contributed by atoms with Crippen LogP contribution in [0.3, 0.4) is 0 Å². The first-order valence-electron chi connectivity index (χ1n) is 12.3. The van der Waals surface area contributed by atoms with Crippen LogP contribution in [-0.4, -0.2) is 53.1 Å². The van der Waals surface area contributed by atoms with Crippen molar-refractivity contribution in [3.05, 3.63) is 42.2 Å². The molecule has 0 radical (unpaired) electrons. The third kappa shape index (κ3) is 3.90. The Hall–Kier alpha value is -3.13. The number of nitrogens with zero attached hydrogens (tertiary/aromatic N) is 4. The van der Waals surface area contributed by atoms with E-state index in [0.717, 1.165) is 55.1 Å². The second-order valence-corrected chi connectivity index (χ2v) is 9.97. The van der Waals surface area contributed by atoms with E-state index in [1.54, 1.807) is 13.2 Å². The minimum absolute atomic E-state index is 0.256. The molecule has 4 heterocycles. The van der Waals surface area contributed by atoms with Gasteiger partial charge in [-0.2, -0.15) is 5.10 Å². The molecule has 2 saturated heterocycles. The van der Waals surface area contributed by atoms with Gasteiger partial charge in [0.05, 0.1) is 43.1 Å². The number of nitrogens with one attached hydrogen (secondary N) is 1. The number of carbonyl (C=O) groups excluding carboxylic acids is 1. The molecule has 3 aliphatic rings. The Morgan fingerprint density at radius 3 is 2.76 bits per heavy atom. The Balaban J connectivity index is 1.23. The highest BCUT2D eigenvalue weighted by Crippen LogP contribution is 2.35. The van der Waals surface area contributed by atoms with Gasteiger partial charge in [0.1, 0.15) is 17.3 Å². The van der Waals surface area contributed by atoms with Gasteiger partial charge in [0, 0.05) is 24.2 Å². The maximum absolute atomic E-state index is 13.1. The number of rotatable bonds is 5. The van der Waals surface area contributed by atoms with Crippen LogP contribution in [0.25, 0.3) is 10.9 Å². The molecule has 1 amide bonds. The highest BCUT2D eigenvalue weighted by molar-refractivity contribution is 6.05. The fourth-order valence-electron chi connectivity index (χ4n) is 5.61. The largest absolute Gasteiger partial charge is 0.494 e. The van der Waals surface area contributed by atoms with Crippen LogP contribution >= 0.6 is 0 Å². The molecular formula is C26H31N5O3. The summed E-state index contributed by atoms with van der Waals surface area (Å²) in [6, 6.07) is 10.2. The minimum Gasteiger partial charge on any atom is -0.494 e. The number of anilines is 2. The van der Waals surface area contributed by atoms with E-state index in [0.29, 0.717) is 29.2 Å². The standard InChI is InChI=1S/C26H31N5O3/c1-16-6-8-18(9-7-16)31-13-17-10-23(24(33-2)12-22(17)29-31)28-26(32)21-4-3-5-25(27-21)30-14-20-11-19(30)15-34-20/h3-5,10,12-13,16,18-20H,6-9,11,14-15H2,1-2H3,(H,28,32)/t16-,18-,19-,20-/m0/s1. The number of aromatic nitrogens is 3. The van der Waals surface area contributed by atoms with E-state index >= 15 is 0 Å². The molecule has 1 N–H and O–H groups in total. The molecule has 2 aliphatic heterocycles. The maximum atomic E-state index is 13.1. The van der Waals surface area contributed by atoms with Gasteiger partial charge in [-0.15, -0.1) is 0 Å². The van der Waals surface area contributed by atoms with Gasteiger partial charge < -0.3 is 19.7 Å². The summed E-state index contributed by atoms with van der Waals surface area (Å²) in [6.45, 7) is 3.88. The number of methoxy groups -OCH3 is 1. The molecule has 2 atom stereocenters. The van der Waals surface area contributed by atoms with E-state index in [-0.39, 0.29) is 12.0 Å². The van der Waals surface area contributed by atoms with Crippen molar-refractivity contribution in [2.75, 3.05) is 30.5 Å². The van der Waals surface area contributed by atoms with Crippen LogP contribution in [0.4, 0.5) is 11.5 Å². The van der Waals surface area contributed by atoms with Crippen molar-refractivity contribution in [2.45, 2.75) is 57.2 Å². The van der Waals surface area contributed by atoms with Crippen LogP contribution in [0.15, 0.2) is 36.5 Å². The number of ether oxygens (including phenoxy) is 2. The molecule has 34 heavy (non-hydrogen) atoms. The quantitative estimate of drug-likeness (QED) is 0.606. The van der Waals surface area contributed by atoms with E-state index in [2.05, 4.69) is 33.0 Å². The van der Waals surface area contributed by atoms with Crippen molar-refractivity contribution >= 4 is 28.3 Å². The molecular weight excluding hydrogens is 430 g/mol. The molecule has 8 heteroatoms. The van der Waals surface area contributed by atoms with Crippen molar-refractivity contribution in [3.8, 4) is 5.75 Å². The number of carbonyl (C=O) groups is 1. The Morgan fingerprint density at radius 1 is 1.18 bits per heavy atom. The third-order valence-electron chi connectivity index (χ3n) is 7.61. The molecule has 0 spiro atoms. The Bertz CT molecular complexity index is 1220. The first-order chi connectivity index (χ1) is 16.6. The van der Waals surface area contributed by atoms with Gasteiger partial charge in [-0.3, -0.25) is 9.48 Å². The lowest BCUT2D eigenvalue weighted by atomic mass is 9.87. The van der Waals surface area contributed by atoms with Crippen molar-refractivity contribution in [2.24, 2.45) is 5.92 Å². The summed E-state index contributed by atoms with van der Waals surface area (Å²) in [5.41, 5.74) is 1.88. The SMILES string of the molecule is COc1cc2nn([C@H]3CC[C@H](C)CC3)cc2cc1NC(=O)c1cccc(N2C[C@@H]3C[C@H]2CO3)n1. The van der Waals surface area contributed by atoms with Gasteiger partial charge in [-0.05, 0) is 56.2 Å². The van der Waals surface area contributed by atoms with Crippen LogP contribution in [0.1, 0.15) is 55.6 Å². The van der Waals surface area contributed by atoms with Gasteiger partial charge in [-0.1, -0.05) is 13.0 Å². The zero-order valence-electron chi connectivity index (χ0n) is 19.7. The zero-order chi connectivity index (χ0) is 23.2. The summed E-state index contributed by atoms with van der Waals surface area (Å²) < 4.78 is 13.4. The normalized spacial score (nSPS) is 26.2. The predicted octanol–water partition coefficient (Wildman–Crippen LogP) is 4.42. The summed E-state index contributed by atoms with van der Waals surface area (Å²) in [4.78, 5) is 20.0. The van der Waals surface area contributed by atoms with Gasteiger partial charge >= 0.3 is 0 Å². The number of amides is 1. The van der Waals surface area contributed by atoms with Gasteiger partial charge in [0.2, 0.25) is 0 Å². The lowest BCUT2D eigenvalue weighted by Gasteiger charge is -2.28. The molecule has 1 saturated carbocycles. The van der Waals surface area contributed by atoms with Crippen molar-refractivity contribution in [1.82, 2.24) is 14.8 Å². The summed E-state index contributed by atoms with van der Waals surface area (Å²) in [7, 11) is 1.61. The number of fused-ring (bicyclic) bond motifs is 3. The number of morpholine rings is 1. The summed E-state index contributed by atoms with van der Waals surface area (Å²) in [5.74, 6) is 1.96. The van der Waals surface area contributed by atoms with Crippen LogP contribution in [0.2, 0.25) is 0 Å². The minimum atomic E-state index is -0.256. The van der Waals surface area contributed by atoms with E-state index in [1.165, 1.54) is 12.8 Å². The van der Waals surface area contributed by atoms with E-state index < -0.39 is 0 Å². The molecule has 6 rings (SSSR count). The smallest absolute Gasteiger partial charge is 0.274 e. The molecule has 3 aromatic rings.